The van der Waals surface area contributed by atoms with E-state index in [1.165, 1.54) is 34.4 Å². The van der Waals surface area contributed by atoms with Crippen LogP contribution in [-0.2, 0) is 6.42 Å². The summed E-state index contributed by atoms with van der Waals surface area (Å²) in [5, 5.41) is 11.3. The number of carboxylic acid groups (broad SMARTS) is 1. The highest BCUT2D eigenvalue weighted by Crippen LogP contribution is 2.30. The first-order valence-electron chi connectivity index (χ1n) is 8.17. The van der Waals surface area contributed by atoms with Crippen molar-refractivity contribution >= 4 is 17.4 Å². The Kier molecular flexibility index (Phi) is 5.73. The lowest BCUT2D eigenvalue weighted by Crippen LogP contribution is -2.39. The number of hydrogen-bond donors (Lipinski definition) is 1. The average Bonchev–Trinajstić information content (AvgIpc) is 3.22. The first-order chi connectivity index (χ1) is 12.8. The van der Waals surface area contributed by atoms with E-state index in [0.29, 0.717) is 19.4 Å². The van der Waals surface area contributed by atoms with Gasteiger partial charge in [-0.05, 0) is 18.6 Å². The third kappa shape index (κ3) is 5.25. The number of benzene rings is 1. The predicted octanol–water partition coefficient (Wildman–Crippen LogP) is 4.03. The van der Waals surface area contributed by atoms with Crippen molar-refractivity contribution in [1.82, 2.24) is 9.88 Å². The molecule has 1 saturated heterocycles. The van der Waals surface area contributed by atoms with Gasteiger partial charge in [-0.1, -0.05) is 6.07 Å². The van der Waals surface area contributed by atoms with Gasteiger partial charge in [0.15, 0.2) is 0 Å². The van der Waals surface area contributed by atoms with Crippen LogP contribution in [-0.4, -0.2) is 46.6 Å². The molecule has 0 radical (unpaired) electrons. The van der Waals surface area contributed by atoms with Crippen LogP contribution in [0, 0.1) is 5.92 Å². The quantitative estimate of drug-likeness (QED) is 0.790. The molecule has 27 heavy (non-hydrogen) atoms. The molecule has 1 N–H and O–H groups in total. The molecule has 2 unspecified atom stereocenters. The summed E-state index contributed by atoms with van der Waals surface area (Å²) in [6, 6.07) is 4.99. The molecule has 1 aromatic heterocycles. The number of ether oxygens (including phenoxy) is 2. The highest BCUT2D eigenvalue weighted by Gasteiger charge is 2.38. The number of aromatic nitrogens is 1. The van der Waals surface area contributed by atoms with E-state index in [2.05, 4.69) is 9.72 Å². The second kappa shape index (κ2) is 8.03. The van der Waals surface area contributed by atoms with Crippen LogP contribution in [0.25, 0.3) is 0 Å². The summed E-state index contributed by atoms with van der Waals surface area (Å²) in [5.41, 5.74) is 2.50. The largest absolute Gasteiger partial charge is 0.573 e. The number of alkyl halides is 3. The number of carbonyl (C=O) groups is 1. The van der Waals surface area contributed by atoms with Crippen LogP contribution in [0.15, 0.2) is 35.2 Å². The standard InChI is InChI=1S/C17H17F3N2O4S/c18-17(19,20)26-14-3-1-2-13(7-14)25-8-11-4-5-22(16(23)24)15(11)6-12-9-27-10-21-12/h1-3,7,9-11,15H,4-6,8H2,(H,23,24). The molecule has 1 fully saturated rings. The smallest absolute Gasteiger partial charge is 0.493 e. The van der Waals surface area contributed by atoms with Gasteiger partial charge < -0.3 is 19.5 Å². The molecular formula is C17H17F3N2O4S. The van der Waals surface area contributed by atoms with Gasteiger partial charge >= 0.3 is 12.5 Å². The second-order valence-electron chi connectivity index (χ2n) is 6.11. The minimum absolute atomic E-state index is 0.0880. The summed E-state index contributed by atoms with van der Waals surface area (Å²) in [4.78, 5) is 17.1. The summed E-state index contributed by atoms with van der Waals surface area (Å²) >= 11 is 1.44. The van der Waals surface area contributed by atoms with Gasteiger partial charge in [-0.15, -0.1) is 24.5 Å². The Balaban J connectivity index is 1.65. The maximum absolute atomic E-state index is 12.3. The normalized spacial score (nSPS) is 19.9. The zero-order chi connectivity index (χ0) is 19.4. The third-order valence-electron chi connectivity index (χ3n) is 4.34. The van der Waals surface area contributed by atoms with Gasteiger partial charge in [0.1, 0.15) is 11.5 Å². The number of likely N-dealkylation sites (tertiary alicyclic amines) is 1. The lowest BCUT2D eigenvalue weighted by molar-refractivity contribution is -0.274. The van der Waals surface area contributed by atoms with Crippen molar-refractivity contribution in [2.24, 2.45) is 5.92 Å². The number of halogens is 3. The molecule has 2 aromatic rings. The molecule has 0 spiro atoms. The van der Waals surface area contributed by atoms with Gasteiger partial charge in [0.25, 0.3) is 0 Å². The first kappa shape index (κ1) is 19.3. The fourth-order valence-corrected chi connectivity index (χ4v) is 3.71. The van der Waals surface area contributed by atoms with Crippen molar-refractivity contribution in [2.45, 2.75) is 25.2 Å². The topological polar surface area (TPSA) is 71.9 Å². The number of nitrogens with zero attached hydrogens (tertiary/aromatic N) is 2. The van der Waals surface area contributed by atoms with Crippen molar-refractivity contribution in [2.75, 3.05) is 13.2 Å². The highest BCUT2D eigenvalue weighted by atomic mass is 32.1. The van der Waals surface area contributed by atoms with E-state index in [1.54, 1.807) is 5.51 Å². The zero-order valence-corrected chi connectivity index (χ0v) is 14.9. The summed E-state index contributed by atoms with van der Waals surface area (Å²) in [6.07, 6.45) is -4.69. The molecule has 0 saturated carbocycles. The predicted molar refractivity (Wildman–Crippen MR) is 91.1 cm³/mol. The lowest BCUT2D eigenvalue weighted by Gasteiger charge is -2.25. The molecule has 6 nitrogen and oxygen atoms in total. The number of amides is 1. The minimum Gasteiger partial charge on any atom is -0.493 e. The molecule has 146 valence electrons. The monoisotopic (exact) mass is 402 g/mol. The summed E-state index contributed by atoms with van der Waals surface area (Å²) in [7, 11) is 0. The van der Waals surface area contributed by atoms with Gasteiger partial charge in [0.2, 0.25) is 0 Å². The van der Waals surface area contributed by atoms with Crippen LogP contribution in [0.4, 0.5) is 18.0 Å². The van der Waals surface area contributed by atoms with E-state index in [9.17, 15) is 23.1 Å². The van der Waals surface area contributed by atoms with E-state index >= 15 is 0 Å². The Labute approximate surface area is 157 Å². The first-order valence-corrected chi connectivity index (χ1v) is 9.11. The molecule has 1 aliphatic rings. The molecule has 2 atom stereocenters. The lowest BCUT2D eigenvalue weighted by atomic mass is 9.97. The second-order valence-corrected chi connectivity index (χ2v) is 6.83. The van der Waals surface area contributed by atoms with Crippen LogP contribution in [0.1, 0.15) is 12.1 Å². The van der Waals surface area contributed by atoms with Crippen molar-refractivity contribution in [3.8, 4) is 11.5 Å². The van der Waals surface area contributed by atoms with Gasteiger partial charge in [-0.25, -0.2) is 9.78 Å². The van der Waals surface area contributed by atoms with Gasteiger partial charge in [0.05, 0.1) is 17.8 Å². The molecule has 2 heterocycles. The maximum atomic E-state index is 12.3. The molecule has 1 aliphatic heterocycles. The number of thiazole rings is 1. The molecule has 3 rings (SSSR count). The Morgan fingerprint density at radius 1 is 1.37 bits per heavy atom. The number of rotatable bonds is 6. The SMILES string of the molecule is O=C(O)N1CCC(COc2cccc(OC(F)(F)F)c2)C1Cc1cscn1. The highest BCUT2D eigenvalue weighted by molar-refractivity contribution is 7.07. The molecule has 0 bridgehead atoms. The summed E-state index contributed by atoms with van der Waals surface area (Å²) < 4.78 is 46.5. The van der Waals surface area contributed by atoms with E-state index in [-0.39, 0.29) is 30.1 Å². The van der Waals surface area contributed by atoms with Gasteiger partial charge in [-0.3, -0.25) is 0 Å². The molecule has 1 amide bonds. The zero-order valence-electron chi connectivity index (χ0n) is 14.1. The summed E-state index contributed by atoms with van der Waals surface area (Å²) in [6.45, 7) is 0.573. The van der Waals surface area contributed by atoms with Crippen LogP contribution < -0.4 is 9.47 Å². The van der Waals surface area contributed by atoms with E-state index < -0.39 is 12.5 Å². The Bertz CT molecular complexity index is 770. The van der Waals surface area contributed by atoms with Crippen molar-refractivity contribution in [3.63, 3.8) is 0 Å². The van der Waals surface area contributed by atoms with Crippen molar-refractivity contribution in [3.05, 3.63) is 40.8 Å². The maximum Gasteiger partial charge on any atom is 0.573 e. The van der Waals surface area contributed by atoms with E-state index in [0.717, 1.165) is 11.8 Å². The van der Waals surface area contributed by atoms with Crippen LogP contribution in [0.3, 0.4) is 0 Å². The fraction of sp³-hybridized carbons (Fsp3) is 0.412. The molecular weight excluding hydrogens is 385 g/mol. The third-order valence-corrected chi connectivity index (χ3v) is 4.97. The van der Waals surface area contributed by atoms with E-state index in [4.69, 9.17) is 4.74 Å². The van der Waals surface area contributed by atoms with Crippen molar-refractivity contribution in [1.29, 1.82) is 0 Å². The Hall–Kier alpha value is -2.49. The fourth-order valence-electron chi connectivity index (χ4n) is 3.14. The minimum atomic E-state index is -4.77. The van der Waals surface area contributed by atoms with Gasteiger partial charge in [-0.2, -0.15) is 0 Å². The molecule has 1 aromatic carbocycles. The molecule has 10 heteroatoms. The van der Waals surface area contributed by atoms with Crippen molar-refractivity contribution < 1.29 is 32.5 Å². The van der Waals surface area contributed by atoms with Crippen LogP contribution >= 0.6 is 11.3 Å². The van der Waals surface area contributed by atoms with Crippen LogP contribution in [0.2, 0.25) is 0 Å². The van der Waals surface area contributed by atoms with E-state index in [1.807, 2.05) is 5.38 Å². The van der Waals surface area contributed by atoms with Gasteiger partial charge in [0, 0.05) is 36.4 Å². The Morgan fingerprint density at radius 2 is 2.15 bits per heavy atom. The van der Waals surface area contributed by atoms with Crippen LogP contribution in [0.5, 0.6) is 11.5 Å². The Morgan fingerprint density at radius 3 is 2.81 bits per heavy atom. The molecule has 0 aliphatic carbocycles. The average molecular weight is 402 g/mol. The number of hydrogen-bond acceptors (Lipinski definition) is 5. The summed E-state index contributed by atoms with van der Waals surface area (Å²) in [5.74, 6) is -0.217.